The van der Waals surface area contributed by atoms with E-state index < -0.39 is 5.97 Å². The van der Waals surface area contributed by atoms with Crippen molar-refractivity contribution in [2.75, 3.05) is 0 Å². The van der Waals surface area contributed by atoms with E-state index in [-0.39, 0.29) is 6.42 Å². The molecule has 0 saturated carbocycles. The minimum absolute atomic E-state index is 0.107. The van der Waals surface area contributed by atoms with Crippen molar-refractivity contribution in [2.45, 2.75) is 39.5 Å². The summed E-state index contributed by atoms with van der Waals surface area (Å²) in [7, 11) is 0. The highest BCUT2D eigenvalue weighted by atomic mass is 16.4. The summed E-state index contributed by atoms with van der Waals surface area (Å²) in [5.74, 6) is -0.278. The Kier molecular flexibility index (Phi) is 4.95. The van der Waals surface area contributed by atoms with Gasteiger partial charge in [-0.25, -0.2) is 0 Å². The predicted molar refractivity (Wildman–Crippen MR) is 70.2 cm³/mol. The Balaban J connectivity index is 2.81. The number of hydrogen-bond donors (Lipinski definition) is 1. The SMILES string of the molecule is C/C(=C/CC(=O)O)Cc1ccccc1C(C)C. The third-order valence-electron chi connectivity index (χ3n) is 2.77. The maximum Gasteiger partial charge on any atom is 0.307 e. The Morgan fingerprint density at radius 2 is 2.00 bits per heavy atom. The molecule has 0 amide bonds. The molecule has 0 heterocycles. The van der Waals surface area contributed by atoms with Crippen molar-refractivity contribution in [1.29, 1.82) is 0 Å². The molecule has 0 aliphatic carbocycles. The lowest BCUT2D eigenvalue weighted by atomic mass is 9.93. The monoisotopic (exact) mass is 232 g/mol. The molecule has 0 fully saturated rings. The second-order valence-corrected chi connectivity index (χ2v) is 4.68. The molecule has 2 heteroatoms. The Hall–Kier alpha value is -1.57. The highest BCUT2D eigenvalue weighted by Crippen LogP contribution is 2.21. The van der Waals surface area contributed by atoms with Gasteiger partial charge in [-0.2, -0.15) is 0 Å². The molecule has 0 atom stereocenters. The molecule has 0 aromatic heterocycles. The van der Waals surface area contributed by atoms with E-state index in [4.69, 9.17) is 5.11 Å². The lowest BCUT2D eigenvalue weighted by Crippen LogP contribution is -1.98. The standard InChI is InChI=1S/C15H20O2/c1-11(2)14-7-5-4-6-13(14)10-12(3)8-9-15(16)17/h4-8,11H,9-10H2,1-3H3,(H,16,17)/b12-8-. The lowest BCUT2D eigenvalue weighted by Gasteiger charge is -2.12. The maximum absolute atomic E-state index is 10.5. The summed E-state index contributed by atoms with van der Waals surface area (Å²) in [6.45, 7) is 6.34. The molecule has 0 unspecified atom stereocenters. The maximum atomic E-state index is 10.5. The minimum atomic E-state index is -0.776. The molecule has 0 saturated heterocycles. The van der Waals surface area contributed by atoms with Gasteiger partial charge in [0.25, 0.3) is 0 Å². The van der Waals surface area contributed by atoms with Gasteiger partial charge in [0.2, 0.25) is 0 Å². The number of benzene rings is 1. The van der Waals surface area contributed by atoms with Crippen LogP contribution < -0.4 is 0 Å². The average Bonchev–Trinajstić information content (AvgIpc) is 2.27. The van der Waals surface area contributed by atoms with E-state index in [9.17, 15) is 4.79 Å². The van der Waals surface area contributed by atoms with Crippen molar-refractivity contribution in [2.24, 2.45) is 0 Å². The summed E-state index contributed by atoms with van der Waals surface area (Å²) < 4.78 is 0. The molecule has 17 heavy (non-hydrogen) atoms. The molecular weight excluding hydrogens is 212 g/mol. The third-order valence-corrected chi connectivity index (χ3v) is 2.77. The van der Waals surface area contributed by atoms with Crippen molar-refractivity contribution in [3.05, 3.63) is 47.0 Å². The normalized spacial score (nSPS) is 11.9. The van der Waals surface area contributed by atoms with Gasteiger partial charge in [-0.05, 0) is 30.4 Å². The van der Waals surface area contributed by atoms with Crippen molar-refractivity contribution < 1.29 is 9.90 Å². The van der Waals surface area contributed by atoms with Crippen molar-refractivity contribution in [3.8, 4) is 0 Å². The summed E-state index contributed by atoms with van der Waals surface area (Å²) in [6.07, 6.45) is 2.73. The predicted octanol–water partition coefficient (Wildman–Crippen LogP) is 3.77. The molecule has 0 bridgehead atoms. The molecule has 1 aromatic rings. The molecule has 1 rings (SSSR count). The first-order valence-corrected chi connectivity index (χ1v) is 5.96. The Bertz CT molecular complexity index is 417. The molecule has 0 aliphatic heterocycles. The van der Waals surface area contributed by atoms with Gasteiger partial charge >= 0.3 is 5.97 Å². The molecular formula is C15H20O2. The minimum Gasteiger partial charge on any atom is -0.481 e. The van der Waals surface area contributed by atoms with Crippen LogP contribution in [0.1, 0.15) is 44.2 Å². The topological polar surface area (TPSA) is 37.3 Å². The van der Waals surface area contributed by atoms with Gasteiger partial charge < -0.3 is 5.11 Å². The van der Waals surface area contributed by atoms with Gasteiger partial charge in [-0.3, -0.25) is 4.79 Å². The average molecular weight is 232 g/mol. The van der Waals surface area contributed by atoms with Crippen LogP contribution in [0.4, 0.5) is 0 Å². The fraction of sp³-hybridized carbons (Fsp3) is 0.400. The first kappa shape index (κ1) is 13.5. The van der Waals surface area contributed by atoms with Gasteiger partial charge in [0, 0.05) is 0 Å². The highest BCUT2D eigenvalue weighted by Gasteiger charge is 2.06. The first-order valence-electron chi connectivity index (χ1n) is 5.96. The number of hydrogen-bond acceptors (Lipinski definition) is 1. The van der Waals surface area contributed by atoms with Gasteiger partial charge in [0.1, 0.15) is 0 Å². The van der Waals surface area contributed by atoms with Gasteiger partial charge in [0.15, 0.2) is 0 Å². The summed E-state index contributed by atoms with van der Waals surface area (Å²) in [5.41, 5.74) is 3.75. The van der Waals surface area contributed by atoms with Gasteiger partial charge in [0.05, 0.1) is 6.42 Å². The van der Waals surface area contributed by atoms with Crippen molar-refractivity contribution in [1.82, 2.24) is 0 Å². The fourth-order valence-electron chi connectivity index (χ4n) is 1.89. The summed E-state index contributed by atoms with van der Waals surface area (Å²) in [5, 5.41) is 8.63. The molecule has 1 aromatic carbocycles. The van der Waals surface area contributed by atoms with Gasteiger partial charge in [-0.1, -0.05) is 49.8 Å². The Labute approximate surface area is 103 Å². The zero-order valence-electron chi connectivity index (χ0n) is 10.7. The van der Waals surface area contributed by atoms with E-state index in [2.05, 4.69) is 32.0 Å². The number of allylic oxidation sites excluding steroid dienone is 1. The lowest BCUT2D eigenvalue weighted by molar-refractivity contribution is -0.136. The second-order valence-electron chi connectivity index (χ2n) is 4.68. The van der Waals surface area contributed by atoms with Crippen LogP contribution >= 0.6 is 0 Å². The number of carboxylic acids is 1. The Morgan fingerprint density at radius 1 is 1.35 bits per heavy atom. The number of aliphatic carboxylic acids is 1. The zero-order valence-corrected chi connectivity index (χ0v) is 10.7. The first-order chi connectivity index (χ1) is 8.00. The van der Waals surface area contributed by atoms with Crippen LogP contribution in [0.3, 0.4) is 0 Å². The van der Waals surface area contributed by atoms with Crippen molar-refractivity contribution in [3.63, 3.8) is 0 Å². The largest absolute Gasteiger partial charge is 0.481 e. The second kappa shape index (κ2) is 6.24. The molecule has 1 N–H and O–H groups in total. The summed E-state index contributed by atoms with van der Waals surface area (Å²) >= 11 is 0. The number of carbonyl (C=O) groups is 1. The van der Waals surface area contributed by atoms with E-state index in [1.165, 1.54) is 11.1 Å². The molecule has 2 nitrogen and oxygen atoms in total. The van der Waals surface area contributed by atoms with E-state index >= 15 is 0 Å². The molecule has 0 radical (unpaired) electrons. The van der Waals surface area contributed by atoms with E-state index in [1.807, 2.05) is 13.0 Å². The molecule has 0 spiro atoms. The highest BCUT2D eigenvalue weighted by molar-refractivity contribution is 5.68. The van der Waals surface area contributed by atoms with Crippen LogP contribution in [0, 0.1) is 0 Å². The zero-order chi connectivity index (χ0) is 12.8. The van der Waals surface area contributed by atoms with E-state index in [0.29, 0.717) is 5.92 Å². The third kappa shape index (κ3) is 4.43. The molecule has 0 aliphatic rings. The molecule has 92 valence electrons. The number of rotatable bonds is 5. The van der Waals surface area contributed by atoms with Crippen LogP contribution in [-0.4, -0.2) is 11.1 Å². The quantitative estimate of drug-likeness (QED) is 0.784. The van der Waals surface area contributed by atoms with Gasteiger partial charge in [-0.15, -0.1) is 0 Å². The number of carboxylic acid groups (broad SMARTS) is 1. The van der Waals surface area contributed by atoms with Crippen LogP contribution in [0.2, 0.25) is 0 Å². The fourth-order valence-corrected chi connectivity index (χ4v) is 1.89. The van der Waals surface area contributed by atoms with Crippen molar-refractivity contribution >= 4 is 5.97 Å². The smallest absolute Gasteiger partial charge is 0.307 e. The summed E-state index contributed by atoms with van der Waals surface area (Å²) in [4.78, 5) is 10.5. The van der Waals surface area contributed by atoms with Crippen LogP contribution in [0.15, 0.2) is 35.9 Å². The van der Waals surface area contributed by atoms with E-state index in [0.717, 1.165) is 12.0 Å². The summed E-state index contributed by atoms with van der Waals surface area (Å²) in [6, 6.07) is 8.35. The van der Waals surface area contributed by atoms with Crippen LogP contribution in [0.5, 0.6) is 0 Å². The van der Waals surface area contributed by atoms with Crippen LogP contribution in [0.25, 0.3) is 0 Å². The van der Waals surface area contributed by atoms with E-state index in [1.54, 1.807) is 6.08 Å². The van der Waals surface area contributed by atoms with Crippen LogP contribution in [-0.2, 0) is 11.2 Å². The Morgan fingerprint density at radius 3 is 2.59 bits per heavy atom.